The third-order valence-corrected chi connectivity index (χ3v) is 3.64. The van der Waals surface area contributed by atoms with E-state index in [0.717, 1.165) is 6.07 Å². The van der Waals surface area contributed by atoms with E-state index in [1.807, 2.05) is 19.9 Å². The fraction of sp³-hybridized carbons (Fsp3) is 0.278. The third-order valence-electron chi connectivity index (χ3n) is 3.40. The second-order valence-corrected chi connectivity index (χ2v) is 5.36. The van der Waals surface area contributed by atoms with Gasteiger partial charge in [0.15, 0.2) is 17.3 Å². The number of hydrogen-bond donors (Lipinski definition) is 1. The maximum Gasteiger partial charge on any atom is 0.171 e. The van der Waals surface area contributed by atoms with E-state index in [9.17, 15) is 9.50 Å². The Morgan fingerprint density at radius 1 is 1.28 bits per heavy atom. The number of nitrogens with zero attached hydrogens (tertiary/aromatic N) is 2. The Balaban J connectivity index is 0.00000109. The van der Waals surface area contributed by atoms with Crippen molar-refractivity contribution >= 4 is 17.3 Å². The molecule has 1 heterocycles. The number of anilines is 1. The molecule has 0 radical (unpaired) electrons. The molecule has 0 atom stereocenters. The van der Waals surface area contributed by atoms with Crippen LogP contribution in [0.3, 0.4) is 0 Å². The quantitative estimate of drug-likeness (QED) is 0.857. The molecule has 1 saturated heterocycles. The van der Waals surface area contributed by atoms with Gasteiger partial charge in [0.2, 0.25) is 0 Å². The van der Waals surface area contributed by atoms with Crippen molar-refractivity contribution in [2.24, 2.45) is 0 Å². The first-order valence-electron chi connectivity index (χ1n) is 7.81. The van der Waals surface area contributed by atoms with Crippen LogP contribution >= 0.6 is 11.6 Å². The van der Waals surface area contributed by atoms with E-state index in [2.05, 4.69) is 0 Å². The van der Waals surface area contributed by atoms with E-state index in [1.165, 1.54) is 18.2 Å². The Morgan fingerprint density at radius 3 is 2.68 bits per heavy atom. The summed E-state index contributed by atoms with van der Waals surface area (Å²) in [5, 5.41) is 19.4. The number of hydrogen-bond acceptors (Lipinski definition) is 5. The first kappa shape index (κ1) is 18.8. The molecule has 0 amide bonds. The van der Waals surface area contributed by atoms with E-state index in [0.29, 0.717) is 18.2 Å². The molecule has 1 fully saturated rings. The third kappa shape index (κ3) is 4.32. The lowest BCUT2D eigenvalue weighted by atomic mass is 10.2. The van der Waals surface area contributed by atoms with E-state index < -0.39 is 5.82 Å². The molecule has 1 aliphatic heterocycles. The van der Waals surface area contributed by atoms with Gasteiger partial charge in [-0.25, -0.2) is 4.39 Å². The number of rotatable bonds is 3. The average molecular weight is 365 g/mol. The molecule has 0 saturated carbocycles. The highest BCUT2D eigenvalue weighted by atomic mass is 35.5. The van der Waals surface area contributed by atoms with Crippen LogP contribution in [-0.2, 0) is 4.74 Å². The predicted octanol–water partition coefficient (Wildman–Crippen LogP) is 4.67. The van der Waals surface area contributed by atoms with Crippen molar-refractivity contribution in [3.8, 4) is 23.3 Å². The monoisotopic (exact) mass is 364 g/mol. The molecular weight excluding hydrogens is 347 g/mol. The zero-order valence-corrected chi connectivity index (χ0v) is 14.7. The summed E-state index contributed by atoms with van der Waals surface area (Å²) in [6, 6.07) is 8.85. The summed E-state index contributed by atoms with van der Waals surface area (Å²) >= 11 is 5.84. The van der Waals surface area contributed by atoms with Gasteiger partial charge in [-0.15, -0.1) is 0 Å². The molecule has 0 unspecified atom stereocenters. The van der Waals surface area contributed by atoms with E-state index in [-0.39, 0.29) is 35.2 Å². The van der Waals surface area contributed by atoms with Gasteiger partial charge in [0.1, 0.15) is 18.5 Å². The summed E-state index contributed by atoms with van der Waals surface area (Å²) in [5.74, 6) is -0.656. The van der Waals surface area contributed by atoms with Gasteiger partial charge in [-0.2, -0.15) is 5.26 Å². The van der Waals surface area contributed by atoms with Gasteiger partial charge in [-0.3, -0.25) is 0 Å². The van der Waals surface area contributed by atoms with Gasteiger partial charge in [0.25, 0.3) is 0 Å². The van der Waals surface area contributed by atoms with Crippen molar-refractivity contribution in [1.29, 1.82) is 5.26 Å². The molecule has 25 heavy (non-hydrogen) atoms. The van der Waals surface area contributed by atoms with Crippen LogP contribution in [0.2, 0.25) is 5.02 Å². The maximum absolute atomic E-state index is 14.0. The minimum Gasteiger partial charge on any atom is -0.504 e. The summed E-state index contributed by atoms with van der Waals surface area (Å²) in [6.07, 6.45) is 0. The summed E-state index contributed by atoms with van der Waals surface area (Å²) in [5.41, 5.74) is 0.482. The molecule has 0 aromatic heterocycles. The zero-order valence-electron chi connectivity index (χ0n) is 13.9. The number of ether oxygens (including phenoxy) is 2. The lowest BCUT2D eigenvalue weighted by molar-refractivity contribution is 0.201. The fourth-order valence-electron chi connectivity index (χ4n) is 2.26. The van der Waals surface area contributed by atoms with Gasteiger partial charge in [-0.1, -0.05) is 25.4 Å². The zero-order chi connectivity index (χ0) is 18.4. The molecule has 1 aliphatic rings. The smallest absolute Gasteiger partial charge is 0.171 e. The number of phenols is 1. The second-order valence-electron chi connectivity index (χ2n) is 4.93. The Bertz CT molecular complexity index is 787. The summed E-state index contributed by atoms with van der Waals surface area (Å²) < 4.78 is 24.8. The van der Waals surface area contributed by atoms with E-state index >= 15 is 0 Å². The van der Waals surface area contributed by atoms with Crippen LogP contribution in [0, 0.1) is 17.1 Å². The Labute approximate surface area is 150 Å². The van der Waals surface area contributed by atoms with Crippen LogP contribution in [0.25, 0.3) is 0 Å². The summed E-state index contributed by atoms with van der Waals surface area (Å²) in [6.45, 7) is 5.32. The fourth-order valence-corrected chi connectivity index (χ4v) is 2.43. The molecule has 2 aromatic rings. The van der Waals surface area contributed by atoms with Crippen LogP contribution in [0.5, 0.6) is 17.2 Å². The van der Waals surface area contributed by atoms with Crippen LogP contribution in [0.4, 0.5) is 10.1 Å². The standard InChI is InChI=1S/C16H12ClFN2O3.C2H6/c17-11-1-2-15(10(5-11)8-19)23-16-7-13(12(18)6-14(16)21)20-3-4-22-9-20;1-2/h1-2,5-7,21H,3-4,9H2;1-2H3. The number of benzene rings is 2. The average Bonchev–Trinajstić information content (AvgIpc) is 3.14. The van der Waals surface area contributed by atoms with Crippen LogP contribution in [-0.4, -0.2) is 25.0 Å². The predicted molar refractivity (Wildman–Crippen MR) is 93.8 cm³/mol. The van der Waals surface area contributed by atoms with Gasteiger partial charge >= 0.3 is 0 Å². The van der Waals surface area contributed by atoms with Gasteiger partial charge in [-0.05, 0) is 18.2 Å². The summed E-state index contributed by atoms with van der Waals surface area (Å²) in [7, 11) is 0. The van der Waals surface area contributed by atoms with Gasteiger partial charge in [0, 0.05) is 23.7 Å². The molecule has 0 spiro atoms. The number of nitriles is 1. The van der Waals surface area contributed by atoms with Crippen molar-refractivity contribution in [3.63, 3.8) is 0 Å². The molecule has 0 aliphatic carbocycles. The number of phenolic OH excluding ortho intramolecular Hbond substituents is 1. The van der Waals surface area contributed by atoms with Crippen LogP contribution < -0.4 is 9.64 Å². The van der Waals surface area contributed by atoms with Crippen molar-refractivity contribution in [2.75, 3.05) is 24.8 Å². The van der Waals surface area contributed by atoms with Crippen molar-refractivity contribution in [2.45, 2.75) is 13.8 Å². The molecular formula is C18H18ClFN2O3. The first-order valence-corrected chi connectivity index (χ1v) is 8.19. The van der Waals surface area contributed by atoms with E-state index in [1.54, 1.807) is 11.0 Å². The maximum atomic E-state index is 14.0. The molecule has 0 bridgehead atoms. The molecule has 1 N–H and O–H groups in total. The summed E-state index contributed by atoms with van der Waals surface area (Å²) in [4.78, 5) is 1.69. The van der Waals surface area contributed by atoms with Crippen LogP contribution in [0.1, 0.15) is 19.4 Å². The van der Waals surface area contributed by atoms with Crippen molar-refractivity contribution in [3.05, 3.63) is 46.7 Å². The minimum atomic E-state index is -0.572. The molecule has 7 heteroatoms. The highest BCUT2D eigenvalue weighted by Gasteiger charge is 2.20. The largest absolute Gasteiger partial charge is 0.504 e. The topological polar surface area (TPSA) is 65.7 Å². The van der Waals surface area contributed by atoms with E-state index in [4.69, 9.17) is 26.3 Å². The molecule has 2 aromatic carbocycles. The second kappa shape index (κ2) is 8.56. The normalized spacial score (nSPS) is 13.0. The Hall–Kier alpha value is -2.49. The van der Waals surface area contributed by atoms with Crippen molar-refractivity contribution < 1.29 is 19.0 Å². The molecule has 3 rings (SSSR count). The number of aromatic hydroxyl groups is 1. The van der Waals surface area contributed by atoms with Crippen LogP contribution in [0.15, 0.2) is 30.3 Å². The Morgan fingerprint density at radius 2 is 2.04 bits per heavy atom. The number of halogens is 2. The molecule has 5 nitrogen and oxygen atoms in total. The first-order chi connectivity index (χ1) is 12.1. The van der Waals surface area contributed by atoms with Gasteiger partial charge in [0.05, 0.1) is 17.9 Å². The molecule has 132 valence electrons. The van der Waals surface area contributed by atoms with Crippen molar-refractivity contribution in [1.82, 2.24) is 0 Å². The Kier molecular flexibility index (Phi) is 6.45. The SMILES string of the molecule is CC.N#Cc1cc(Cl)ccc1Oc1cc(N2CCOC2)c(F)cc1O. The van der Waals surface area contributed by atoms with Gasteiger partial charge < -0.3 is 19.5 Å². The highest BCUT2D eigenvalue weighted by Crippen LogP contribution is 2.38. The highest BCUT2D eigenvalue weighted by molar-refractivity contribution is 6.30. The minimum absolute atomic E-state index is 0.0483. The lowest BCUT2D eigenvalue weighted by Gasteiger charge is -2.18. The lowest BCUT2D eigenvalue weighted by Crippen LogP contribution is -2.19.